The molecule has 0 spiro atoms. The van der Waals surface area contributed by atoms with Crippen LogP contribution in [-0.4, -0.2) is 15.8 Å². The molecule has 2 aromatic carbocycles. The Labute approximate surface area is 142 Å². The van der Waals surface area contributed by atoms with Crippen LogP contribution in [0.3, 0.4) is 0 Å². The minimum atomic E-state index is -0.706. The molecule has 2 N–H and O–H groups in total. The number of hydrogen-bond acceptors (Lipinski definition) is 4. The number of nitrogens with one attached hydrogen (secondary N) is 2. The third kappa shape index (κ3) is 3.23. The maximum absolute atomic E-state index is 12.3. The lowest BCUT2D eigenvalue weighted by molar-refractivity contribution is -0.383. The van der Waals surface area contributed by atoms with Crippen LogP contribution in [0.5, 0.6) is 0 Å². The summed E-state index contributed by atoms with van der Waals surface area (Å²) in [6, 6.07) is 15.1. The predicted molar refractivity (Wildman–Crippen MR) is 93.6 cm³/mol. The maximum atomic E-state index is 12.3. The van der Waals surface area contributed by atoms with E-state index in [1.165, 1.54) is 24.3 Å². The average molecular weight is 332 g/mol. The fourth-order valence-electron chi connectivity index (χ4n) is 2.45. The summed E-state index contributed by atoms with van der Waals surface area (Å²) in [6.45, 7) is 0. The van der Waals surface area contributed by atoms with Gasteiger partial charge in [-0.25, -0.2) is 0 Å². The summed E-state index contributed by atoms with van der Waals surface area (Å²) < 4.78 is 0. The fraction of sp³-hybridized carbons (Fsp3) is 0. The van der Waals surface area contributed by atoms with Crippen molar-refractivity contribution in [2.24, 2.45) is 0 Å². The number of nitriles is 1. The van der Waals surface area contributed by atoms with Crippen molar-refractivity contribution < 1.29 is 9.72 Å². The van der Waals surface area contributed by atoms with Gasteiger partial charge in [0, 0.05) is 28.7 Å². The van der Waals surface area contributed by atoms with E-state index >= 15 is 0 Å². The number of anilines is 1. The highest BCUT2D eigenvalue weighted by molar-refractivity contribution is 6.11. The van der Waals surface area contributed by atoms with Crippen LogP contribution in [0.2, 0.25) is 0 Å². The number of fused-ring (bicyclic) bond motifs is 1. The smallest absolute Gasteiger partial charge is 0.292 e. The molecule has 0 aliphatic heterocycles. The zero-order valence-electron chi connectivity index (χ0n) is 12.9. The summed E-state index contributed by atoms with van der Waals surface area (Å²) in [4.78, 5) is 25.8. The van der Waals surface area contributed by atoms with Gasteiger partial charge in [0.1, 0.15) is 17.3 Å². The van der Waals surface area contributed by atoms with E-state index in [-0.39, 0.29) is 16.9 Å². The molecule has 7 nitrogen and oxygen atoms in total. The molecule has 1 aromatic heterocycles. The summed E-state index contributed by atoms with van der Waals surface area (Å²) in [7, 11) is 0. The number of benzene rings is 2. The Bertz CT molecular complexity index is 1040. The molecule has 3 rings (SSSR count). The zero-order chi connectivity index (χ0) is 17.8. The summed E-state index contributed by atoms with van der Waals surface area (Å²) in [5.41, 5.74) is 1.22. The molecule has 0 radical (unpaired) electrons. The largest absolute Gasteiger partial charge is 0.361 e. The number of para-hydroxylation sites is 3. The Balaban J connectivity index is 1.93. The molecule has 0 aliphatic carbocycles. The number of amides is 1. The lowest BCUT2D eigenvalue weighted by atomic mass is 10.1. The number of hydrogen-bond donors (Lipinski definition) is 2. The zero-order valence-corrected chi connectivity index (χ0v) is 12.9. The van der Waals surface area contributed by atoms with E-state index in [4.69, 9.17) is 0 Å². The van der Waals surface area contributed by atoms with Crippen molar-refractivity contribution in [1.82, 2.24) is 4.98 Å². The Morgan fingerprint density at radius 2 is 1.92 bits per heavy atom. The second-order valence-electron chi connectivity index (χ2n) is 5.19. The number of H-pyrrole nitrogens is 1. The molecule has 1 amide bonds. The van der Waals surface area contributed by atoms with Crippen LogP contribution in [0.1, 0.15) is 5.56 Å². The molecule has 122 valence electrons. The second-order valence-corrected chi connectivity index (χ2v) is 5.19. The van der Waals surface area contributed by atoms with E-state index in [0.717, 1.165) is 10.9 Å². The van der Waals surface area contributed by atoms with Gasteiger partial charge in [0.25, 0.3) is 11.6 Å². The van der Waals surface area contributed by atoms with Gasteiger partial charge < -0.3 is 10.3 Å². The predicted octanol–water partition coefficient (Wildman–Crippen LogP) is 3.62. The average Bonchev–Trinajstić information content (AvgIpc) is 3.03. The van der Waals surface area contributed by atoms with Gasteiger partial charge in [0.15, 0.2) is 0 Å². The summed E-state index contributed by atoms with van der Waals surface area (Å²) in [6.07, 6.45) is 3.14. The van der Waals surface area contributed by atoms with Crippen LogP contribution in [-0.2, 0) is 4.79 Å². The van der Waals surface area contributed by atoms with E-state index in [9.17, 15) is 20.2 Å². The molecular weight excluding hydrogens is 320 g/mol. The van der Waals surface area contributed by atoms with E-state index < -0.39 is 10.8 Å². The molecule has 0 aliphatic rings. The van der Waals surface area contributed by atoms with Crippen LogP contribution in [0.15, 0.2) is 60.3 Å². The highest BCUT2D eigenvalue weighted by atomic mass is 16.6. The Kier molecular flexibility index (Phi) is 4.26. The lowest BCUT2D eigenvalue weighted by Gasteiger charge is -2.04. The van der Waals surface area contributed by atoms with Crippen molar-refractivity contribution in [3.8, 4) is 6.07 Å². The first kappa shape index (κ1) is 16.0. The molecule has 0 unspecified atom stereocenters. The number of nitro groups is 1. The second kappa shape index (κ2) is 6.68. The first-order valence-electron chi connectivity index (χ1n) is 7.33. The number of aromatic nitrogens is 1. The number of nitrogens with zero attached hydrogens (tertiary/aromatic N) is 2. The van der Waals surface area contributed by atoms with Crippen molar-refractivity contribution >= 4 is 34.3 Å². The van der Waals surface area contributed by atoms with E-state index in [1.54, 1.807) is 12.3 Å². The van der Waals surface area contributed by atoms with Crippen molar-refractivity contribution in [3.05, 3.63) is 76.0 Å². The van der Waals surface area contributed by atoms with Crippen LogP contribution in [0, 0.1) is 21.4 Å². The highest BCUT2D eigenvalue weighted by Crippen LogP contribution is 2.24. The molecule has 3 aromatic rings. The number of carbonyl (C=O) groups excluding carboxylic acids is 1. The fourth-order valence-corrected chi connectivity index (χ4v) is 2.45. The Hall–Kier alpha value is -3.92. The molecular formula is C18H12N4O3. The minimum absolute atomic E-state index is 0.0394. The maximum Gasteiger partial charge on any atom is 0.292 e. The summed E-state index contributed by atoms with van der Waals surface area (Å²) in [5, 5.41) is 23.6. The van der Waals surface area contributed by atoms with Gasteiger partial charge in [-0.3, -0.25) is 14.9 Å². The Morgan fingerprint density at radius 1 is 1.20 bits per heavy atom. The van der Waals surface area contributed by atoms with Gasteiger partial charge >= 0.3 is 0 Å². The first-order chi connectivity index (χ1) is 12.1. The number of rotatable bonds is 4. The van der Waals surface area contributed by atoms with Crippen LogP contribution in [0.25, 0.3) is 17.0 Å². The van der Waals surface area contributed by atoms with Crippen LogP contribution in [0.4, 0.5) is 11.4 Å². The lowest BCUT2D eigenvalue weighted by Crippen LogP contribution is -2.14. The number of carbonyl (C=O) groups is 1. The highest BCUT2D eigenvalue weighted by Gasteiger charge is 2.17. The quantitative estimate of drug-likeness (QED) is 0.329. The van der Waals surface area contributed by atoms with E-state index in [1.807, 2.05) is 30.3 Å². The SMILES string of the molecule is N#CC(=Cc1c[nH]c2ccccc12)C(=O)Nc1ccccc1[N+](=O)[O-]. The van der Waals surface area contributed by atoms with Gasteiger partial charge in [0.2, 0.25) is 0 Å². The van der Waals surface area contributed by atoms with Crippen molar-refractivity contribution in [2.75, 3.05) is 5.32 Å². The monoisotopic (exact) mass is 332 g/mol. The van der Waals surface area contributed by atoms with Gasteiger partial charge in [-0.2, -0.15) is 5.26 Å². The molecule has 0 saturated heterocycles. The molecule has 7 heteroatoms. The molecule has 25 heavy (non-hydrogen) atoms. The van der Waals surface area contributed by atoms with Gasteiger partial charge in [0.05, 0.1) is 4.92 Å². The van der Waals surface area contributed by atoms with Gasteiger partial charge in [-0.05, 0) is 18.2 Å². The molecule has 0 fully saturated rings. The third-order valence-corrected chi connectivity index (χ3v) is 3.64. The number of aromatic amines is 1. The summed E-state index contributed by atoms with van der Waals surface area (Å²) >= 11 is 0. The van der Waals surface area contributed by atoms with Crippen molar-refractivity contribution in [1.29, 1.82) is 5.26 Å². The normalized spacial score (nSPS) is 11.1. The topological polar surface area (TPSA) is 112 Å². The van der Waals surface area contributed by atoms with Crippen molar-refractivity contribution in [2.45, 2.75) is 0 Å². The third-order valence-electron chi connectivity index (χ3n) is 3.64. The minimum Gasteiger partial charge on any atom is -0.361 e. The summed E-state index contributed by atoms with van der Waals surface area (Å²) in [5.74, 6) is -0.706. The van der Waals surface area contributed by atoms with E-state index in [2.05, 4.69) is 10.3 Å². The molecule has 1 heterocycles. The van der Waals surface area contributed by atoms with Crippen LogP contribution < -0.4 is 5.32 Å². The van der Waals surface area contributed by atoms with Crippen LogP contribution >= 0.6 is 0 Å². The molecule has 0 saturated carbocycles. The van der Waals surface area contributed by atoms with Gasteiger partial charge in [-0.15, -0.1) is 0 Å². The Morgan fingerprint density at radius 3 is 2.68 bits per heavy atom. The molecule has 0 atom stereocenters. The number of nitro benzene ring substituents is 1. The van der Waals surface area contributed by atoms with Crippen molar-refractivity contribution in [3.63, 3.8) is 0 Å². The van der Waals surface area contributed by atoms with E-state index in [0.29, 0.717) is 5.56 Å². The first-order valence-corrected chi connectivity index (χ1v) is 7.33. The van der Waals surface area contributed by atoms with Gasteiger partial charge in [-0.1, -0.05) is 30.3 Å². The molecule has 0 bridgehead atoms. The standard InChI is InChI=1S/C18H12N4O3/c19-10-12(9-13-11-20-15-6-2-1-5-14(13)15)18(23)21-16-7-3-4-8-17(16)22(24)25/h1-9,11,20H,(H,21,23).